The quantitative estimate of drug-likeness (QED) is 0.607. The Bertz CT molecular complexity index is 551. The Morgan fingerprint density at radius 1 is 1.60 bits per heavy atom. The van der Waals surface area contributed by atoms with Gasteiger partial charge in [-0.2, -0.15) is 5.26 Å². The maximum atomic E-state index is 11.8. The summed E-state index contributed by atoms with van der Waals surface area (Å²) in [5, 5.41) is 22.1. The summed E-state index contributed by atoms with van der Waals surface area (Å²) in [4.78, 5) is 21.8. The van der Waals surface area contributed by atoms with Crippen molar-refractivity contribution in [3.05, 3.63) is 33.9 Å². The van der Waals surface area contributed by atoms with Crippen LogP contribution >= 0.6 is 0 Å². The highest BCUT2D eigenvalue weighted by Gasteiger charge is 2.16. The number of nitro benzene ring substituents is 1. The van der Waals surface area contributed by atoms with Crippen molar-refractivity contribution in [2.45, 2.75) is 32.2 Å². The first-order chi connectivity index (χ1) is 9.49. The van der Waals surface area contributed by atoms with Gasteiger partial charge in [-0.1, -0.05) is 19.8 Å². The zero-order valence-electron chi connectivity index (χ0n) is 11.1. The minimum absolute atomic E-state index is 0.0373. The number of rotatable bonds is 6. The first-order valence-corrected chi connectivity index (χ1v) is 6.24. The SMILES string of the molecule is CCCCC(N)C(=O)Nc1ccc([N+](=O)[O-])cc1C#N. The summed E-state index contributed by atoms with van der Waals surface area (Å²) in [5.74, 6) is -0.399. The first-order valence-electron chi connectivity index (χ1n) is 6.24. The number of hydrogen-bond donors (Lipinski definition) is 2. The van der Waals surface area contributed by atoms with Gasteiger partial charge in [-0.05, 0) is 12.5 Å². The van der Waals surface area contributed by atoms with Crippen LogP contribution in [0, 0.1) is 21.4 Å². The van der Waals surface area contributed by atoms with Gasteiger partial charge in [0.05, 0.1) is 22.2 Å². The number of amides is 1. The van der Waals surface area contributed by atoms with E-state index in [4.69, 9.17) is 11.0 Å². The Morgan fingerprint density at radius 3 is 2.85 bits per heavy atom. The van der Waals surface area contributed by atoms with Gasteiger partial charge in [-0.25, -0.2) is 0 Å². The number of non-ortho nitro benzene ring substituents is 1. The van der Waals surface area contributed by atoms with Crippen molar-refractivity contribution in [1.29, 1.82) is 5.26 Å². The fourth-order valence-corrected chi connectivity index (χ4v) is 1.63. The Morgan fingerprint density at radius 2 is 2.30 bits per heavy atom. The lowest BCUT2D eigenvalue weighted by Crippen LogP contribution is -2.35. The third-order valence-electron chi connectivity index (χ3n) is 2.80. The van der Waals surface area contributed by atoms with E-state index in [-0.39, 0.29) is 16.9 Å². The van der Waals surface area contributed by atoms with Crippen LogP contribution in [0.5, 0.6) is 0 Å². The van der Waals surface area contributed by atoms with E-state index in [9.17, 15) is 14.9 Å². The smallest absolute Gasteiger partial charge is 0.270 e. The molecule has 0 spiro atoms. The summed E-state index contributed by atoms with van der Waals surface area (Å²) in [7, 11) is 0. The van der Waals surface area contributed by atoms with Crippen molar-refractivity contribution in [2.24, 2.45) is 5.73 Å². The van der Waals surface area contributed by atoms with Crippen LogP contribution in [0.1, 0.15) is 31.7 Å². The highest BCUT2D eigenvalue weighted by molar-refractivity contribution is 5.95. The molecule has 0 bridgehead atoms. The molecule has 0 heterocycles. The molecule has 7 heteroatoms. The molecule has 0 saturated heterocycles. The van der Waals surface area contributed by atoms with Gasteiger partial charge in [0.1, 0.15) is 6.07 Å². The van der Waals surface area contributed by atoms with Crippen LogP contribution in [0.4, 0.5) is 11.4 Å². The number of hydrogen-bond acceptors (Lipinski definition) is 5. The topological polar surface area (TPSA) is 122 Å². The van der Waals surface area contributed by atoms with Gasteiger partial charge in [0, 0.05) is 12.1 Å². The van der Waals surface area contributed by atoms with Crippen molar-refractivity contribution in [2.75, 3.05) is 5.32 Å². The fraction of sp³-hybridized carbons (Fsp3) is 0.385. The standard InChI is InChI=1S/C13H16N4O3/c1-2-3-4-11(15)13(18)16-12-6-5-10(17(19)20)7-9(12)8-14/h5-7,11H,2-4,15H2,1H3,(H,16,18). The van der Waals surface area contributed by atoms with Crippen molar-refractivity contribution >= 4 is 17.3 Å². The predicted molar refractivity (Wildman–Crippen MR) is 73.9 cm³/mol. The second-order valence-electron chi connectivity index (χ2n) is 4.34. The second kappa shape index (κ2) is 7.21. The maximum absolute atomic E-state index is 11.8. The number of benzene rings is 1. The summed E-state index contributed by atoms with van der Waals surface area (Å²) < 4.78 is 0. The highest BCUT2D eigenvalue weighted by Crippen LogP contribution is 2.21. The van der Waals surface area contributed by atoms with Gasteiger partial charge in [-0.15, -0.1) is 0 Å². The third-order valence-corrected chi connectivity index (χ3v) is 2.80. The number of carbonyl (C=O) groups is 1. The first kappa shape index (κ1) is 15.6. The summed E-state index contributed by atoms with van der Waals surface area (Å²) in [6.07, 6.45) is 2.32. The van der Waals surface area contributed by atoms with Gasteiger partial charge in [-0.3, -0.25) is 14.9 Å². The van der Waals surface area contributed by atoms with Gasteiger partial charge >= 0.3 is 0 Å². The summed E-state index contributed by atoms with van der Waals surface area (Å²) in [6, 6.07) is 4.85. The van der Waals surface area contributed by atoms with Gasteiger partial charge < -0.3 is 11.1 Å². The second-order valence-corrected chi connectivity index (χ2v) is 4.34. The molecule has 106 valence electrons. The number of nitrogens with one attached hydrogen (secondary N) is 1. The zero-order chi connectivity index (χ0) is 15.1. The number of nitrogens with two attached hydrogens (primary N) is 1. The lowest BCUT2D eigenvalue weighted by molar-refractivity contribution is -0.384. The molecule has 0 aliphatic rings. The van der Waals surface area contributed by atoms with Crippen LogP contribution in [0.25, 0.3) is 0 Å². The molecule has 7 nitrogen and oxygen atoms in total. The molecule has 0 fully saturated rings. The number of nitro groups is 1. The van der Waals surface area contributed by atoms with Crippen molar-refractivity contribution in [1.82, 2.24) is 0 Å². The molecule has 1 unspecified atom stereocenters. The average molecular weight is 276 g/mol. The van der Waals surface area contributed by atoms with Crippen LogP contribution in [0.2, 0.25) is 0 Å². The Labute approximate surface area is 116 Å². The Hall–Kier alpha value is -2.46. The molecular weight excluding hydrogens is 260 g/mol. The number of nitrogens with zero attached hydrogens (tertiary/aromatic N) is 2. The van der Waals surface area contributed by atoms with E-state index in [1.165, 1.54) is 12.1 Å². The Balaban J connectivity index is 2.85. The predicted octanol–water partition coefficient (Wildman–Crippen LogP) is 1.92. The molecule has 0 aliphatic heterocycles. The van der Waals surface area contributed by atoms with Crippen molar-refractivity contribution in [3.63, 3.8) is 0 Å². The molecule has 1 aromatic rings. The molecule has 20 heavy (non-hydrogen) atoms. The molecule has 3 N–H and O–H groups in total. The summed E-state index contributed by atoms with van der Waals surface area (Å²) >= 11 is 0. The average Bonchev–Trinajstić information content (AvgIpc) is 2.44. The molecule has 0 radical (unpaired) electrons. The van der Waals surface area contributed by atoms with E-state index in [0.717, 1.165) is 18.9 Å². The normalized spacial score (nSPS) is 11.4. The van der Waals surface area contributed by atoms with Crippen LogP contribution in [-0.2, 0) is 4.79 Å². The molecular formula is C13H16N4O3. The van der Waals surface area contributed by atoms with E-state index in [2.05, 4.69) is 5.32 Å². The molecule has 1 amide bonds. The Kier molecular flexibility index (Phi) is 5.62. The van der Waals surface area contributed by atoms with Crippen LogP contribution < -0.4 is 11.1 Å². The number of carbonyl (C=O) groups excluding carboxylic acids is 1. The van der Waals surface area contributed by atoms with Crippen molar-refractivity contribution in [3.8, 4) is 6.07 Å². The van der Waals surface area contributed by atoms with Crippen LogP contribution in [0.3, 0.4) is 0 Å². The van der Waals surface area contributed by atoms with Gasteiger partial charge in [0.25, 0.3) is 5.69 Å². The molecule has 0 aliphatic carbocycles. The van der Waals surface area contributed by atoms with E-state index < -0.39 is 16.9 Å². The number of nitriles is 1. The summed E-state index contributed by atoms with van der Waals surface area (Å²) in [5.41, 5.74) is 5.79. The van der Waals surface area contributed by atoms with E-state index >= 15 is 0 Å². The molecule has 0 saturated carbocycles. The zero-order valence-corrected chi connectivity index (χ0v) is 11.1. The third kappa shape index (κ3) is 4.03. The van der Waals surface area contributed by atoms with E-state index in [1.54, 1.807) is 0 Å². The summed E-state index contributed by atoms with van der Waals surface area (Å²) in [6.45, 7) is 1.99. The van der Waals surface area contributed by atoms with E-state index in [1.807, 2.05) is 13.0 Å². The highest BCUT2D eigenvalue weighted by atomic mass is 16.6. The minimum atomic E-state index is -0.656. The number of anilines is 1. The molecule has 1 aromatic carbocycles. The monoisotopic (exact) mass is 276 g/mol. The van der Waals surface area contributed by atoms with E-state index in [0.29, 0.717) is 6.42 Å². The minimum Gasteiger partial charge on any atom is -0.324 e. The molecule has 1 rings (SSSR count). The largest absolute Gasteiger partial charge is 0.324 e. The molecule has 0 aromatic heterocycles. The van der Waals surface area contributed by atoms with Crippen LogP contribution in [-0.4, -0.2) is 16.9 Å². The lowest BCUT2D eigenvalue weighted by Gasteiger charge is -2.12. The lowest BCUT2D eigenvalue weighted by atomic mass is 10.1. The van der Waals surface area contributed by atoms with Gasteiger partial charge in [0.15, 0.2) is 0 Å². The van der Waals surface area contributed by atoms with Gasteiger partial charge in [0.2, 0.25) is 5.91 Å². The maximum Gasteiger partial charge on any atom is 0.270 e. The van der Waals surface area contributed by atoms with Crippen LogP contribution in [0.15, 0.2) is 18.2 Å². The van der Waals surface area contributed by atoms with Crippen molar-refractivity contribution < 1.29 is 9.72 Å². The molecule has 1 atom stereocenters. The number of unbranched alkanes of at least 4 members (excludes halogenated alkanes) is 1. The fourth-order valence-electron chi connectivity index (χ4n) is 1.63.